The highest BCUT2D eigenvalue weighted by Gasteiger charge is 2.54. The van der Waals surface area contributed by atoms with E-state index in [1.165, 1.54) is 39.8 Å². The summed E-state index contributed by atoms with van der Waals surface area (Å²) in [5.74, 6) is 3.15. The molecule has 41 heavy (non-hydrogen) atoms. The van der Waals surface area contributed by atoms with Crippen molar-refractivity contribution in [1.82, 2.24) is 9.97 Å². The SMILES string of the molecule is c1ccc(C2(c3cc(OCc4nc5ccccc5s4)ccc3OCc3nc4ccccc4s3)CC3CCC2C3)cc1. The van der Waals surface area contributed by atoms with E-state index in [0.717, 1.165) is 44.9 Å². The maximum Gasteiger partial charge on any atom is 0.140 e. The van der Waals surface area contributed by atoms with Gasteiger partial charge in [-0.25, -0.2) is 9.97 Å². The molecule has 2 aliphatic carbocycles. The fourth-order valence-electron chi connectivity index (χ4n) is 7.23. The van der Waals surface area contributed by atoms with Gasteiger partial charge in [-0.3, -0.25) is 0 Å². The number of aromatic nitrogens is 2. The summed E-state index contributed by atoms with van der Waals surface area (Å²) in [5, 5.41) is 1.98. The van der Waals surface area contributed by atoms with Gasteiger partial charge >= 0.3 is 0 Å². The Kier molecular flexibility index (Phi) is 6.26. The van der Waals surface area contributed by atoms with E-state index >= 15 is 0 Å². The molecular formula is C35H30N2O2S2. The second-order valence-corrected chi connectivity index (χ2v) is 13.5. The highest BCUT2D eigenvalue weighted by Crippen LogP contribution is 2.61. The lowest BCUT2D eigenvalue weighted by molar-refractivity contribution is 0.268. The molecule has 2 fully saturated rings. The molecule has 6 heteroatoms. The largest absolute Gasteiger partial charge is 0.486 e. The number of hydrogen-bond acceptors (Lipinski definition) is 6. The molecule has 0 N–H and O–H groups in total. The van der Waals surface area contributed by atoms with Crippen LogP contribution >= 0.6 is 22.7 Å². The predicted molar refractivity (Wildman–Crippen MR) is 167 cm³/mol. The van der Waals surface area contributed by atoms with Crippen molar-refractivity contribution in [3.8, 4) is 11.5 Å². The van der Waals surface area contributed by atoms with Crippen LogP contribution in [0.1, 0.15) is 46.8 Å². The molecule has 4 aromatic carbocycles. The minimum absolute atomic E-state index is 0.0810. The minimum atomic E-state index is -0.0810. The van der Waals surface area contributed by atoms with E-state index in [0.29, 0.717) is 19.1 Å². The Morgan fingerprint density at radius 2 is 1.37 bits per heavy atom. The van der Waals surface area contributed by atoms with Crippen LogP contribution < -0.4 is 9.47 Å². The lowest BCUT2D eigenvalue weighted by Crippen LogP contribution is -2.34. The molecule has 2 aliphatic rings. The van der Waals surface area contributed by atoms with Crippen LogP contribution in [0.15, 0.2) is 97.1 Å². The molecular weight excluding hydrogens is 545 g/mol. The number of benzene rings is 4. The van der Waals surface area contributed by atoms with Gasteiger partial charge in [-0.05, 0) is 79.1 Å². The van der Waals surface area contributed by atoms with E-state index in [-0.39, 0.29) is 5.41 Å². The number of nitrogens with zero attached hydrogens (tertiary/aromatic N) is 2. The van der Waals surface area contributed by atoms with Crippen molar-refractivity contribution >= 4 is 43.1 Å². The second-order valence-electron chi connectivity index (χ2n) is 11.3. The number of para-hydroxylation sites is 2. The molecule has 4 nitrogen and oxygen atoms in total. The Morgan fingerprint density at radius 3 is 2.00 bits per heavy atom. The molecule has 8 rings (SSSR count). The smallest absolute Gasteiger partial charge is 0.140 e. The first-order valence-electron chi connectivity index (χ1n) is 14.4. The third-order valence-electron chi connectivity index (χ3n) is 8.96. The van der Waals surface area contributed by atoms with Crippen molar-refractivity contribution in [2.24, 2.45) is 11.8 Å². The fraction of sp³-hybridized carbons (Fsp3) is 0.257. The first-order valence-corrected chi connectivity index (χ1v) is 16.0. The van der Waals surface area contributed by atoms with E-state index in [9.17, 15) is 0 Å². The lowest BCUT2D eigenvalue weighted by atomic mass is 9.64. The van der Waals surface area contributed by atoms with Crippen molar-refractivity contribution in [3.63, 3.8) is 0 Å². The quantitative estimate of drug-likeness (QED) is 0.182. The van der Waals surface area contributed by atoms with Crippen LogP contribution in [-0.2, 0) is 18.6 Å². The maximum absolute atomic E-state index is 6.66. The Labute approximate surface area is 247 Å². The zero-order chi connectivity index (χ0) is 27.2. The van der Waals surface area contributed by atoms with E-state index < -0.39 is 0 Å². The maximum atomic E-state index is 6.66. The Balaban J connectivity index is 1.16. The summed E-state index contributed by atoms with van der Waals surface area (Å²) in [6.45, 7) is 0.909. The van der Waals surface area contributed by atoms with Crippen LogP contribution in [-0.4, -0.2) is 9.97 Å². The molecule has 2 aromatic heterocycles. The Bertz CT molecular complexity index is 1780. The summed E-state index contributed by atoms with van der Waals surface area (Å²) < 4.78 is 15.5. The molecule has 0 radical (unpaired) electrons. The van der Waals surface area contributed by atoms with Gasteiger partial charge in [0, 0.05) is 11.0 Å². The summed E-state index contributed by atoms with van der Waals surface area (Å²) in [4.78, 5) is 9.61. The number of thiazole rings is 2. The highest BCUT2D eigenvalue weighted by atomic mass is 32.1. The van der Waals surface area contributed by atoms with Crippen molar-refractivity contribution in [2.45, 2.75) is 44.3 Å². The van der Waals surface area contributed by atoms with E-state index in [1.807, 2.05) is 12.1 Å². The monoisotopic (exact) mass is 574 g/mol. The van der Waals surface area contributed by atoms with Crippen LogP contribution in [0.4, 0.5) is 0 Å². The van der Waals surface area contributed by atoms with Gasteiger partial charge < -0.3 is 9.47 Å². The Morgan fingerprint density at radius 1 is 0.707 bits per heavy atom. The second kappa shape index (κ2) is 10.3. The third kappa shape index (κ3) is 4.50. The molecule has 204 valence electrons. The normalized spacial score (nSPS) is 21.6. The van der Waals surface area contributed by atoms with Gasteiger partial charge in [-0.2, -0.15) is 0 Å². The van der Waals surface area contributed by atoms with Crippen molar-refractivity contribution in [3.05, 3.63) is 118 Å². The number of hydrogen-bond donors (Lipinski definition) is 0. The highest BCUT2D eigenvalue weighted by molar-refractivity contribution is 7.18. The zero-order valence-electron chi connectivity index (χ0n) is 22.7. The molecule has 2 saturated carbocycles. The first-order chi connectivity index (χ1) is 20.2. The molecule has 2 heterocycles. The summed E-state index contributed by atoms with van der Waals surface area (Å²) in [6, 6.07) is 34.1. The van der Waals surface area contributed by atoms with Gasteiger partial charge in [-0.1, -0.05) is 61.0 Å². The van der Waals surface area contributed by atoms with Crippen molar-refractivity contribution in [2.75, 3.05) is 0 Å². The Hall–Kier alpha value is -3.74. The van der Waals surface area contributed by atoms with Gasteiger partial charge in [0.05, 0.1) is 20.4 Å². The van der Waals surface area contributed by atoms with Crippen molar-refractivity contribution < 1.29 is 9.47 Å². The lowest BCUT2D eigenvalue weighted by Gasteiger charge is -2.40. The number of ether oxygens (including phenoxy) is 2. The molecule has 0 spiro atoms. The van der Waals surface area contributed by atoms with Gasteiger partial charge in [0.2, 0.25) is 0 Å². The van der Waals surface area contributed by atoms with Crippen LogP contribution in [0.3, 0.4) is 0 Å². The molecule has 0 aliphatic heterocycles. The molecule has 3 unspecified atom stereocenters. The first kappa shape index (κ1) is 25.0. The van der Waals surface area contributed by atoms with Gasteiger partial charge in [0.1, 0.15) is 34.7 Å². The topological polar surface area (TPSA) is 44.2 Å². The summed E-state index contributed by atoms with van der Waals surface area (Å²) >= 11 is 3.40. The van der Waals surface area contributed by atoms with Gasteiger partial charge in [-0.15, -0.1) is 22.7 Å². The fourth-order valence-corrected chi connectivity index (χ4v) is 8.99. The minimum Gasteiger partial charge on any atom is -0.486 e. The van der Waals surface area contributed by atoms with Crippen LogP contribution in [0.5, 0.6) is 11.5 Å². The third-order valence-corrected chi connectivity index (χ3v) is 11.0. The summed E-state index contributed by atoms with van der Waals surface area (Å²) in [6.07, 6.45) is 5.02. The summed E-state index contributed by atoms with van der Waals surface area (Å²) in [7, 11) is 0. The number of fused-ring (bicyclic) bond motifs is 4. The van der Waals surface area contributed by atoms with Crippen LogP contribution in [0, 0.1) is 11.8 Å². The molecule has 3 atom stereocenters. The average Bonchev–Trinajstić information content (AvgIpc) is 3.82. The standard InChI is InChI=1S/C35H30N2O2S2/c1-2-8-24(9-3-1)35(20-23-14-15-25(35)18-23)27-19-26(38-21-33-36-28-10-4-6-12-31(28)40-33)16-17-30(27)39-22-34-37-29-11-5-7-13-32(29)41-34/h1-13,16-17,19,23,25H,14-15,18,20-22H2. The predicted octanol–water partition coefficient (Wildman–Crippen LogP) is 9.17. The van der Waals surface area contributed by atoms with Gasteiger partial charge in [0.25, 0.3) is 0 Å². The van der Waals surface area contributed by atoms with Crippen LogP contribution in [0.2, 0.25) is 0 Å². The molecule has 0 saturated heterocycles. The molecule has 6 aromatic rings. The van der Waals surface area contributed by atoms with Crippen molar-refractivity contribution in [1.29, 1.82) is 0 Å². The van der Waals surface area contributed by atoms with E-state index in [2.05, 4.69) is 84.9 Å². The van der Waals surface area contributed by atoms with E-state index in [1.54, 1.807) is 22.7 Å². The van der Waals surface area contributed by atoms with Crippen LogP contribution in [0.25, 0.3) is 20.4 Å². The molecule has 2 bridgehead atoms. The van der Waals surface area contributed by atoms with E-state index in [4.69, 9.17) is 19.4 Å². The number of rotatable bonds is 8. The average molecular weight is 575 g/mol. The summed E-state index contributed by atoms with van der Waals surface area (Å²) in [5.41, 5.74) is 4.62. The van der Waals surface area contributed by atoms with Gasteiger partial charge in [0.15, 0.2) is 0 Å². The molecule has 0 amide bonds. The zero-order valence-corrected chi connectivity index (χ0v) is 24.3.